The first-order chi connectivity index (χ1) is 9.58. The minimum Gasteiger partial charge on any atom is -0.267 e. The van der Waals surface area contributed by atoms with Crippen LogP contribution in [-0.4, -0.2) is 12.1 Å². The van der Waals surface area contributed by atoms with E-state index in [1.807, 2.05) is 0 Å². The summed E-state index contributed by atoms with van der Waals surface area (Å²) in [6, 6.07) is 11.1. The van der Waals surface area contributed by atoms with Gasteiger partial charge in [-0.25, -0.2) is 9.82 Å². The number of halogens is 3. The van der Waals surface area contributed by atoms with Crippen LogP contribution < -0.4 is 5.43 Å². The van der Waals surface area contributed by atoms with Crippen molar-refractivity contribution in [3.63, 3.8) is 0 Å². The predicted molar refractivity (Wildman–Crippen MR) is 80.6 cm³/mol. The number of amides is 1. The van der Waals surface area contributed by atoms with Crippen molar-refractivity contribution in [3.8, 4) is 0 Å². The maximum atomic E-state index is 13.0. The molecule has 0 atom stereocenters. The van der Waals surface area contributed by atoms with Crippen molar-refractivity contribution < 1.29 is 9.18 Å². The van der Waals surface area contributed by atoms with Gasteiger partial charge in [0.15, 0.2) is 0 Å². The van der Waals surface area contributed by atoms with Crippen LogP contribution in [0.1, 0.15) is 15.9 Å². The average molecular weight is 356 g/mol. The lowest BCUT2D eigenvalue weighted by atomic mass is 10.2. The minimum atomic E-state index is -0.409. The quantitative estimate of drug-likeness (QED) is 0.656. The Morgan fingerprint density at radius 2 is 2.05 bits per heavy atom. The summed E-state index contributed by atoms with van der Waals surface area (Å²) in [5.74, 6) is -0.768. The number of hydrazone groups is 1. The number of carbonyl (C=O) groups excluding carboxylic acids is 1. The first-order valence-corrected chi connectivity index (χ1v) is 6.78. The maximum Gasteiger partial charge on any atom is 0.272 e. The molecule has 1 amide bonds. The Balaban J connectivity index is 2.05. The van der Waals surface area contributed by atoms with Crippen molar-refractivity contribution in [2.75, 3.05) is 0 Å². The van der Waals surface area contributed by atoms with E-state index < -0.39 is 5.91 Å². The Bertz CT molecular complexity index is 676. The molecule has 3 nitrogen and oxygen atoms in total. The first kappa shape index (κ1) is 14.7. The Kier molecular flexibility index (Phi) is 4.87. The molecule has 0 heterocycles. The van der Waals surface area contributed by atoms with E-state index in [0.29, 0.717) is 20.6 Å². The third-order valence-electron chi connectivity index (χ3n) is 2.44. The molecule has 0 fully saturated rings. The number of rotatable bonds is 3. The summed E-state index contributed by atoms with van der Waals surface area (Å²) in [4.78, 5) is 11.8. The largest absolute Gasteiger partial charge is 0.272 e. The molecule has 0 aliphatic carbocycles. The Morgan fingerprint density at radius 3 is 2.75 bits per heavy atom. The minimum absolute atomic E-state index is 0.332. The molecule has 102 valence electrons. The number of hydrogen-bond acceptors (Lipinski definition) is 2. The molecule has 2 aromatic rings. The van der Waals surface area contributed by atoms with Crippen molar-refractivity contribution in [1.29, 1.82) is 0 Å². The fourth-order valence-electron chi connectivity index (χ4n) is 1.46. The predicted octanol–water partition coefficient (Wildman–Crippen LogP) is 4.01. The van der Waals surface area contributed by atoms with Gasteiger partial charge in [-0.3, -0.25) is 4.79 Å². The molecule has 0 bridgehead atoms. The highest BCUT2D eigenvalue weighted by Gasteiger charge is 2.07. The highest BCUT2D eigenvalue weighted by atomic mass is 79.9. The van der Waals surface area contributed by atoms with E-state index in [2.05, 4.69) is 26.5 Å². The van der Waals surface area contributed by atoms with Crippen LogP contribution >= 0.6 is 27.5 Å². The second-order valence-corrected chi connectivity index (χ2v) is 5.11. The summed E-state index contributed by atoms with van der Waals surface area (Å²) < 4.78 is 13.4. The van der Waals surface area contributed by atoms with Gasteiger partial charge in [0.25, 0.3) is 5.91 Å². The van der Waals surface area contributed by atoms with Crippen LogP contribution in [0.15, 0.2) is 52.0 Å². The van der Waals surface area contributed by atoms with Crippen LogP contribution in [0.5, 0.6) is 0 Å². The molecule has 20 heavy (non-hydrogen) atoms. The molecule has 0 radical (unpaired) electrons. The fourth-order valence-corrected chi connectivity index (χ4v) is 2.08. The van der Waals surface area contributed by atoms with E-state index in [0.717, 1.165) is 0 Å². The third-order valence-corrected chi connectivity index (χ3v) is 3.38. The van der Waals surface area contributed by atoms with E-state index in [1.54, 1.807) is 36.4 Å². The van der Waals surface area contributed by atoms with Gasteiger partial charge in [-0.1, -0.05) is 29.8 Å². The summed E-state index contributed by atoms with van der Waals surface area (Å²) in [7, 11) is 0. The van der Waals surface area contributed by atoms with Crippen molar-refractivity contribution in [2.24, 2.45) is 5.10 Å². The number of nitrogens with zero attached hydrogens (tertiary/aromatic N) is 1. The summed E-state index contributed by atoms with van der Waals surface area (Å²) >= 11 is 8.96. The maximum absolute atomic E-state index is 13.0. The first-order valence-electron chi connectivity index (χ1n) is 5.61. The van der Waals surface area contributed by atoms with Crippen LogP contribution in [0.25, 0.3) is 0 Å². The molecular formula is C14H9BrClFN2O. The molecule has 1 N–H and O–H groups in total. The molecule has 0 aliphatic rings. The van der Waals surface area contributed by atoms with Gasteiger partial charge in [0.05, 0.1) is 21.3 Å². The molecule has 2 aromatic carbocycles. The van der Waals surface area contributed by atoms with Gasteiger partial charge in [-0.2, -0.15) is 5.10 Å². The van der Waals surface area contributed by atoms with Crippen molar-refractivity contribution in [1.82, 2.24) is 5.43 Å². The zero-order chi connectivity index (χ0) is 14.5. The average Bonchev–Trinajstić information content (AvgIpc) is 2.43. The molecule has 2 rings (SSSR count). The van der Waals surface area contributed by atoms with Crippen molar-refractivity contribution >= 4 is 39.7 Å². The Hall–Kier alpha value is -1.72. The van der Waals surface area contributed by atoms with Gasteiger partial charge >= 0.3 is 0 Å². The Morgan fingerprint density at radius 1 is 1.30 bits per heavy atom. The van der Waals surface area contributed by atoms with Crippen LogP contribution in [0.3, 0.4) is 0 Å². The lowest BCUT2D eigenvalue weighted by molar-refractivity contribution is 0.0955. The highest BCUT2D eigenvalue weighted by Crippen LogP contribution is 2.16. The van der Waals surface area contributed by atoms with Crippen LogP contribution in [0, 0.1) is 5.82 Å². The molecule has 6 heteroatoms. The second kappa shape index (κ2) is 6.63. The standard InChI is InChI=1S/C14H9BrClFN2O/c15-11-7-9(5-6-13(11)17)8-18-19-14(20)10-3-1-2-4-12(10)16/h1-8H,(H,19,20)/b18-8-. The summed E-state index contributed by atoms with van der Waals surface area (Å²) in [5.41, 5.74) is 3.35. The number of carbonyl (C=O) groups is 1. The van der Waals surface area contributed by atoms with E-state index in [-0.39, 0.29) is 5.82 Å². The molecule has 0 saturated carbocycles. The molecule has 0 spiro atoms. The van der Waals surface area contributed by atoms with Crippen LogP contribution in [-0.2, 0) is 0 Å². The second-order valence-electron chi connectivity index (χ2n) is 3.85. The highest BCUT2D eigenvalue weighted by molar-refractivity contribution is 9.10. The van der Waals surface area contributed by atoms with Crippen molar-refractivity contribution in [2.45, 2.75) is 0 Å². The van der Waals surface area contributed by atoms with Gasteiger partial charge in [-0.15, -0.1) is 0 Å². The summed E-state index contributed by atoms with van der Waals surface area (Å²) in [6.07, 6.45) is 1.42. The zero-order valence-corrected chi connectivity index (χ0v) is 12.5. The van der Waals surface area contributed by atoms with Crippen LogP contribution in [0.2, 0.25) is 5.02 Å². The number of hydrogen-bond donors (Lipinski definition) is 1. The molecule has 0 unspecified atom stereocenters. The van der Waals surface area contributed by atoms with Gasteiger partial charge in [0.2, 0.25) is 0 Å². The molecular weight excluding hydrogens is 347 g/mol. The molecule has 0 aromatic heterocycles. The van der Waals surface area contributed by atoms with E-state index in [4.69, 9.17) is 11.6 Å². The zero-order valence-electron chi connectivity index (χ0n) is 10.1. The Labute approximate surface area is 128 Å². The normalized spacial score (nSPS) is 10.8. The van der Waals surface area contributed by atoms with E-state index in [1.165, 1.54) is 12.3 Å². The van der Waals surface area contributed by atoms with Crippen molar-refractivity contribution in [3.05, 3.63) is 68.9 Å². The third kappa shape index (κ3) is 3.65. The van der Waals surface area contributed by atoms with E-state index in [9.17, 15) is 9.18 Å². The van der Waals surface area contributed by atoms with Gasteiger partial charge < -0.3 is 0 Å². The number of benzene rings is 2. The lowest BCUT2D eigenvalue weighted by Crippen LogP contribution is -2.17. The molecule has 0 saturated heterocycles. The van der Waals surface area contributed by atoms with Gasteiger partial charge in [-0.05, 0) is 45.8 Å². The summed E-state index contributed by atoms with van der Waals surface area (Å²) in [5, 5.41) is 4.15. The van der Waals surface area contributed by atoms with Gasteiger partial charge in [0, 0.05) is 0 Å². The van der Waals surface area contributed by atoms with Gasteiger partial charge in [0.1, 0.15) is 5.82 Å². The smallest absolute Gasteiger partial charge is 0.267 e. The summed E-state index contributed by atoms with van der Waals surface area (Å²) in [6.45, 7) is 0. The SMILES string of the molecule is O=C(N/N=C\c1ccc(F)c(Br)c1)c1ccccc1Cl. The monoisotopic (exact) mass is 354 g/mol. The molecule has 0 aliphatic heterocycles. The topological polar surface area (TPSA) is 41.5 Å². The number of nitrogens with one attached hydrogen (secondary N) is 1. The fraction of sp³-hybridized carbons (Fsp3) is 0. The van der Waals surface area contributed by atoms with E-state index >= 15 is 0 Å². The lowest BCUT2D eigenvalue weighted by Gasteiger charge is -2.01. The van der Waals surface area contributed by atoms with Crippen LogP contribution in [0.4, 0.5) is 4.39 Å².